The van der Waals surface area contributed by atoms with Crippen LogP contribution in [0.2, 0.25) is 0 Å². The molecular weight excluding hydrogens is 232 g/mol. The molecule has 0 spiro atoms. The molecule has 0 bridgehead atoms. The molecule has 0 heterocycles. The third kappa shape index (κ3) is 5.74. The molecule has 0 N–H and O–H groups in total. The molecule has 0 radical (unpaired) electrons. The number of hydrogen-bond acceptors (Lipinski definition) is 6. The van der Waals surface area contributed by atoms with Gasteiger partial charge in [-0.3, -0.25) is 0 Å². The zero-order chi connectivity index (χ0) is 11.8. The van der Waals surface area contributed by atoms with Crippen LogP contribution in [0.15, 0.2) is 16.9 Å². The largest absolute Gasteiger partial charge is 0.464 e. The standard InChI is InChI=1S/C9H16N2O2S2/c1-11(2)6-7(8(12)13-3)10-9(14-4)15-5/h6H,1-5H3/b7-6-. The van der Waals surface area contributed by atoms with Crippen molar-refractivity contribution in [2.24, 2.45) is 4.99 Å². The first-order valence-electron chi connectivity index (χ1n) is 4.18. The molecule has 86 valence electrons. The third-order valence-electron chi connectivity index (χ3n) is 1.34. The first kappa shape index (κ1) is 14.4. The predicted octanol–water partition coefficient (Wildman–Crippen LogP) is 1.64. The lowest BCUT2D eigenvalue weighted by atomic mass is 10.5. The highest BCUT2D eigenvalue weighted by Gasteiger charge is 2.10. The first-order valence-corrected chi connectivity index (χ1v) is 6.63. The van der Waals surface area contributed by atoms with Gasteiger partial charge >= 0.3 is 5.97 Å². The van der Waals surface area contributed by atoms with E-state index in [0.717, 1.165) is 4.38 Å². The minimum Gasteiger partial charge on any atom is -0.464 e. The fourth-order valence-corrected chi connectivity index (χ4v) is 1.80. The molecule has 0 aliphatic heterocycles. The molecule has 0 saturated heterocycles. The summed E-state index contributed by atoms with van der Waals surface area (Å²) in [6.45, 7) is 0. The van der Waals surface area contributed by atoms with Gasteiger partial charge in [-0.05, 0) is 12.5 Å². The highest BCUT2D eigenvalue weighted by atomic mass is 32.2. The molecule has 0 amide bonds. The number of carbonyl (C=O) groups is 1. The fourth-order valence-electron chi connectivity index (χ4n) is 0.749. The summed E-state index contributed by atoms with van der Waals surface area (Å²) in [6, 6.07) is 0. The highest BCUT2D eigenvalue weighted by Crippen LogP contribution is 2.14. The van der Waals surface area contributed by atoms with Gasteiger partial charge in [0.05, 0.1) is 7.11 Å². The number of carbonyl (C=O) groups excluding carboxylic acids is 1. The average molecular weight is 248 g/mol. The molecule has 15 heavy (non-hydrogen) atoms. The maximum atomic E-state index is 11.4. The zero-order valence-corrected chi connectivity index (χ0v) is 11.2. The minimum absolute atomic E-state index is 0.307. The van der Waals surface area contributed by atoms with Gasteiger partial charge in [-0.2, -0.15) is 0 Å². The molecule has 0 aromatic heterocycles. The Bertz CT molecular complexity index is 269. The van der Waals surface area contributed by atoms with Crippen LogP contribution in [0.3, 0.4) is 0 Å². The van der Waals surface area contributed by atoms with Gasteiger partial charge in [-0.1, -0.05) is 0 Å². The average Bonchev–Trinajstić information content (AvgIpc) is 2.22. The van der Waals surface area contributed by atoms with Crippen LogP contribution in [-0.2, 0) is 9.53 Å². The molecule has 0 atom stereocenters. The van der Waals surface area contributed by atoms with Crippen molar-refractivity contribution in [2.45, 2.75) is 0 Å². The maximum Gasteiger partial charge on any atom is 0.358 e. The van der Waals surface area contributed by atoms with Crippen molar-refractivity contribution in [2.75, 3.05) is 33.7 Å². The smallest absolute Gasteiger partial charge is 0.358 e. The topological polar surface area (TPSA) is 41.9 Å². The number of methoxy groups -OCH3 is 1. The number of nitrogens with zero attached hydrogens (tertiary/aromatic N) is 2. The Labute approximate surface area is 99.1 Å². The normalized spacial score (nSPS) is 10.9. The van der Waals surface area contributed by atoms with E-state index in [1.54, 1.807) is 11.1 Å². The summed E-state index contributed by atoms with van der Waals surface area (Å²) in [7, 11) is 5.01. The predicted molar refractivity (Wildman–Crippen MR) is 68.3 cm³/mol. The molecule has 0 unspecified atom stereocenters. The molecule has 0 aliphatic carbocycles. The Kier molecular flexibility index (Phi) is 7.33. The molecule has 0 aliphatic rings. The number of rotatable bonds is 3. The second-order valence-corrected chi connectivity index (χ2v) is 4.60. The van der Waals surface area contributed by atoms with Gasteiger partial charge in [0.15, 0.2) is 5.70 Å². The van der Waals surface area contributed by atoms with Gasteiger partial charge in [0.2, 0.25) is 0 Å². The minimum atomic E-state index is -0.427. The lowest BCUT2D eigenvalue weighted by Crippen LogP contribution is -2.10. The number of thioether (sulfide) groups is 2. The summed E-state index contributed by atoms with van der Waals surface area (Å²) in [5, 5.41) is 0. The van der Waals surface area contributed by atoms with Gasteiger partial charge in [0.1, 0.15) is 4.38 Å². The summed E-state index contributed by atoms with van der Waals surface area (Å²) < 4.78 is 5.47. The Hall–Kier alpha value is -0.620. The third-order valence-corrected chi connectivity index (χ3v) is 3.22. The molecule has 0 fully saturated rings. The molecule has 0 rings (SSSR count). The monoisotopic (exact) mass is 248 g/mol. The molecule has 0 aromatic rings. The van der Waals surface area contributed by atoms with Crippen molar-refractivity contribution in [3.63, 3.8) is 0 Å². The van der Waals surface area contributed by atoms with Crippen molar-refractivity contribution >= 4 is 33.9 Å². The van der Waals surface area contributed by atoms with Crippen LogP contribution in [0, 0.1) is 0 Å². The van der Waals surface area contributed by atoms with Crippen molar-refractivity contribution in [3.8, 4) is 0 Å². The van der Waals surface area contributed by atoms with Gasteiger partial charge in [-0.25, -0.2) is 9.79 Å². The van der Waals surface area contributed by atoms with Crippen LogP contribution in [-0.4, -0.2) is 49.0 Å². The lowest BCUT2D eigenvalue weighted by Gasteiger charge is -2.07. The van der Waals surface area contributed by atoms with Crippen LogP contribution in [0.4, 0.5) is 0 Å². The van der Waals surface area contributed by atoms with Gasteiger partial charge in [0.25, 0.3) is 0 Å². The second-order valence-electron chi connectivity index (χ2n) is 2.76. The summed E-state index contributed by atoms with van der Waals surface area (Å²) in [6.07, 6.45) is 5.47. The van der Waals surface area contributed by atoms with E-state index in [1.165, 1.54) is 30.6 Å². The fraction of sp³-hybridized carbons (Fsp3) is 0.556. The number of ether oxygens (including phenoxy) is 1. The summed E-state index contributed by atoms with van der Waals surface area (Å²) in [4.78, 5) is 17.3. The van der Waals surface area contributed by atoms with E-state index >= 15 is 0 Å². The zero-order valence-electron chi connectivity index (χ0n) is 9.60. The maximum absolute atomic E-state index is 11.4. The molecule has 0 saturated carbocycles. The van der Waals surface area contributed by atoms with Gasteiger partial charge in [0, 0.05) is 20.3 Å². The Balaban J connectivity index is 4.95. The quantitative estimate of drug-likeness (QED) is 0.329. The molecule has 0 aromatic carbocycles. The van der Waals surface area contributed by atoms with Gasteiger partial charge < -0.3 is 9.64 Å². The van der Waals surface area contributed by atoms with Crippen LogP contribution < -0.4 is 0 Å². The Morgan fingerprint density at radius 2 is 1.87 bits per heavy atom. The molecular formula is C9H16N2O2S2. The lowest BCUT2D eigenvalue weighted by molar-refractivity contribution is -0.136. The number of esters is 1. The van der Waals surface area contributed by atoms with E-state index in [0.29, 0.717) is 5.70 Å². The van der Waals surface area contributed by atoms with Crippen molar-refractivity contribution in [1.29, 1.82) is 0 Å². The Morgan fingerprint density at radius 3 is 2.20 bits per heavy atom. The van der Waals surface area contributed by atoms with Crippen molar-refractivity contribution in [1.82, 2.24) is 4.90 Å². The van der Waals surface area contributed by atoms with Crippen LogP contribution >= 0.6 is 23.5 Å². The first-order chi connectivity index (χ1) is 7.04. The number of aliphatic imine (C=N–C) groups is 1. The van der Waals surface area contributed by atoms with E-state index in [9.17, 15) is 4.79 Å². The SMILES string of the molecule is COC(=O)/C(=C/N(C)C)N=C(SC)SC. The summed E-state index contributed by atoms with van der Waals surface area (Å²) in [5.74, 6) is -0.427. The van der Waals surface area contributed by atoms with E-state index in [4.69, 9.17) is 0 Å². The number of hydrogen-bond donors (Lipinski definition) is 0. The highest BCUT2D eigenvalue weighted by molar-refractivity contribution is 8.38. The van der Waals surface area contributed by atoms with Crippen LogP contribution in [0.1, 0.15) is 0 Å². The van der Waals surface area contributed by atoms with Crippen LogP contribution in [0.5, 0.6) is 0 Å². The van der Waals surface area contributed by atoms with E-state index in [1.807, 2.05) is 26.6 Å². The van der Waals surface area contributed by atoms with Crippen LogP contribution in [0.25, 0.3) is 0 Å². The molecule has 6 heteroatoms. The van der Waals surface area contributed by atoms with Crippen molar-refractivity contribution < 1.29 is 9.53 Å². The van der Waals surface area contributed by atoms with Gasteiger partial charge in [-0.15, -0.1) is 23.5 Å². The molecule has 4 nitrogen and oxygen atoms in total. The van der Waals surface area contributed by atoms with Crippen molar-refractivity contribution in [3.05, 3.63) is 11.9 Å². The van der Waals surface area contributed by atoms with E-state index < -0.39 is 5.97 Å². The summed E-state index contributed by atoms with van der Waals surface area (Å²) in [5.41, 5.74) is 0.307. The Morgan fingerprint density at radius 1 is 1.33 bits per heavy atom. The second kappa shape index (κ2) is 7.64. The van der Waals surface area contributed by atoms with E-state index in [-0.39, 0.29) is 0 Å². The van der Waals surface area contributed by atoms with E-state index in [2.05, 4.69) is 9.73 Å². The summed E-state index contributed by atoms with van der Waals surface area (Å²) >= 11 is 3.00.